The zero-order valence-corrected chi connectivity index (χ0v) is 12.0. The Balaban J connectivity index is 4.32. The quantitative estimate of drug-likeness (QED) is 0.561. The van der Waals surface area contributed by atoms with Crippen LogP contribution in [0.15, 0.2) is 0 Å². The van der Waals surface area contributed by atoms with Gasteiger partial charge >= 0.3 is 0 Å². The largest absolute Gasteiger partial charge is 0.384 e. The van der Waals surface area contributed by atoms with Gasteiger partial charge in [-0.15, -0.1) is 0 Å². The van der Waals surface area contributed by atoms with Gasteiger partial charge in [0.1, 0.15) is 0 Å². The van der Waals surface area contributed by atoms with Crippen molar-refractivity contribution in [2.45, 2.75) is 32.8 Å². The fourth-order valence-electron chi connectivity index (χ4n) is 1.98. The molecular weight excluding hydrogens is 220 g/mol. The van der Waals surface area contributed by atoms with Crippen LogP contribution in [0.5, 0.6) is 0 Å². The van der Waals surface area contributed by atoms with Gasteiger partial charge in [0, 0.05) is 21.3 Å². The second kappa shape index (κ2) is 9.83. The first-order valence-corrected chi connectivity index (χ1v) is 6.22. The van der Waals surface area contributed by atoms with E-state index in [-0.39, 0.29) is 11.5 Å². The van der Waals surface area contributed by atoms with Crippen molar-refractivity contribution in [3.63, 3.8) is 0 Å². The molecule has 4 heteroatoms. The van der Waals surface area contributed by atoms with Crippen molar-refractivity contribution in [3.8, 4) is 0 Å². The second-order valence-corrected chi connectivity index (χ2v) is 4.71. The lowest BCUT2D eigenvalue weighted by Gasteiger charge is -2.32. The standard InChI is InChI=1S/C13H28O4/c1-6-7-12(2)17-11-13(8-14-3,9-15-4)10-16-5/h12H,6-11H2,1-5H3. The summed E-state index contributed by atoms with van der Waals surface area (Å²) in [4.78, 5) is 0. The molecule has 1 atom stereocenters. The van der Waals surface area contributed by atoms with Crippen molar-refractivity contribution in [2.75, 3.05) is 47.8 Å². The van der Waals surface area contributed by atoms with Gasteiger partial charge in [-0.3, -0.25) is 0 Å². The summed E-state index contributed by atoms with van der Waals surface area (Å²) < 4.78 is 21.7. The summed E-state index contributed by atoms with van der Waals surface area (Å²) in [7, 11) is 5.07. The molecule has 0 aromatic rings. The number of hydrogen-bond donors (Lipinski definition) is 0. The van der Waals surface area contributed by atoms with Gasteiger partial charge in [-0.2, -0.15) is 0 Å². The maximum atomic E-state index is 5.87. The molecule has 0 N–H and O–H groups in total. The molecule has 0 radical (unpaired) electrons. The zero-order valence-electron chi connectivity index (χ0n) is 12.0. The Morgan fingerprint density at radius 2 is 1.35 bits per heavy atom. The van der Waals surface area contributed by atoms with Crippen molar-refractivity contribution in [3.05, 3.63) is 0 Å². The third-order valence-electron chi connectivity index (χ3n) is 2.72. The highest BCUT2D eigenvalue weighted by Crippen LogP contribution is 2.21. The average Bonchev–Trinajstić information content (AvgIpc) is 2.28. The SMILES string of the molecule is CCCC(C)OCC(COC)(COC)COC. The first kappa shape index (κ1) is 16.8. The maximum absolute atomic E-state index is 5.87. The molecule has 0 spiro atoms. The summed E-state index contributed by atoms with van der Waals surface area (Å²) in [6.45, 7) is 6.59. The zero-order chi connectivity index (χ0) is 13.1. The molecule has 4 nitrogen and oxygen atoms in total. The number of ether oxygens (including phenoxy) is 4. The number of rotatable bonds is 11. The number of hydrogen-bond acceptors (Lipinski definition) is 4. The van der Waals surface area contributed by atoms with Crippen LogP contribution >= 0.6 is 0 Å². The van der Waals surface area contributed by atoms with Crippen LogP contribution in [-0.2, 0) is 18.9 Å². The molecule has 0 aliphatic rings. The van der Waals surface area contributed by atoms with Crippen molar-refractivity contribution in [1.29, 1.82) is 0 Å². The van der Waals surface area contributed by atoms with Crippen LogP contribution in [0.1, 0.15) is 26.7 Å². The molecule has 0 aromatic carbocycles. The molecular formula is C13H28O4. The highest BCUT2D eigenvalue weighted by molar-refractivity contribution is 4.79. The van der Waals surface area contributed by atoms with Crippen molar-refractivity contribution in [2.24, 2.45) is 5.41 Å². The molecule has 0 bridgehead atoms. The summed E-state index contributed by atoms with van der Waals surface area (Å²) >= 11 is 0. The molecule has 17 heavy (non-hydrogen) atoms. The van der Waals surface area contributed by atoms with Crippen molar-refractivity contribution < 1.29 is 18.9 Å². The molecule has 0 aliphatic heterocycles. The Kier molecular flexibility index (Phi) is 9.74. The highest BCUT2D eigenvalue weighted by atomic mass is 16.5. The molecule has 0 rings (SSSR count). The summed E-state index contributed by atoms with van der Waals surface area (Å²) in [6, 6.07) is 0. The molecule has 1 unspecified atom stereocenters. The van der Waals surface area contributed by atoms with E-state index in [0.29, 0.717) is 26.4 Å². The molecule has 104 valence electrons. The minimum Gasteiger partial charge on any atom is -0.384 e. The molecule has 0 aliphatic carbocycles. The van der Waals surface area contributed by atoms with E-state index in [1.54, 1.807) is 21.3 Å². The summed E-state index contributed by atoms with van der Waals surface area (Å²) in [5.41, 5.74) is -0.208. The van der Waals surface area contributed by atoms with E-state index < -0.39 is 0 Å². The van der Waals surface area contributed by atoms with Gasteiger partial charge in [-0.1, -0.05) is 13.3 Å². The lowest BCUT2D eigenvalue weighted by atomic mass is 9.92. The van der Waals surface area contributed by atoms with E-state index in [1.165, 1.54) is 0 Å². The second-order valence-electron chi connectivity index (χ2n) is 4.71. The van der Waals surface area contributed by atoms with E-state index in [2.05, 4.69) is 13.8 Å². The molecule has 0 heterocycles. The summed E-state index contributed by atoms with van der Waals surface area (Å²) in [6.07, 6.45) is 2.47. The molecule has 0 fully saturated rings. The predicted octanol–water partition coefficient (Wildman–Crippen LogP) is 2.12. The van der Waals surface area contributed by atoms with E-state index in [9.17, 15) is 0 Å². The van der Waals surface area contributed by atoms with Gasteiger partial charge < -0.3 is 18.9 Å². The van der Waals surface area contributed by atoms with Crippen LogP contribution in [0.4, 0.5) is 0 Å². The van der Waals surface area contributed by atoms with Gasteiger partial charge in [-0.25, -0.2) is 0 Å². The van der Waals surface area contributed by atoms with Crippen LogP contribution in [-0.4, -0.2) is 53.9 Å². The van der Waals surface area contributed by atoms with E-state index >= 15 is 0 Å². The fourth-order valence-corrected chi connectivity index (χ4v) is 1.98. The summed E-state index contributed by atoms with van der Waals surface area (Å²) in [5.74, 6) is 0. The minimum atomic E-state index is -0.208. The monoisotopic (exact) mass is 248 g/mol. The maximum Gasteiger partial charge on any atom is 0.0637 e. The van der Waals surface area contributed by atoms with Crippen molar-refractivity contribution in [1.82, 2.24) is 0 Å². The average molecular weight is 248 g/mol. The Morgan fingerprint density at radius 3 is 1.71 bits per heavy atom. The van der Waals surface area contributed by atoms with E-state index in [4.69, 9.17) is 18.9 Å². The Hall–Kier alpha value is -0.160. The Bertz CT molecular complexity index is 156. The van der Waals surface area contributed by atoms with Gasteiger partial charge in [0.2, 0.25) is 0 Å². The predicted molar refractivity (Wildman–Crippen MR) is 68.4 cm³/mol. The highest BCUT2D eigenvalue weighted by Gasteiger charge is 2.31. The third kappa shape index (κ3) is 6.99. The van der Waals surface area contributed by atoms with Gasteiger partial charge in [-0.05, 0) is 13.3 Å². The number of methoxy groups -OCH3 is 3. The van der Waals surface area contributed by atoms with E-state index in [1.807, 2.05) is 0 Å². The third-order valence-corrected chi connectivity index (χ3v) is 2.72. The molecule has 0 saturated heterocycles. The molecule has 0 amide bonds. The normalized spacial score (nSPS) is 13.9. The minimum absolute atomic E-state index is 0.208. The first-order chi connectivity index (χ1) is 8.14. The van der Waals surface area contributed by atoms with Gasteiger partial charge in [0.25, 0.3) is 0 Å². The smallest absolute Gasteiger partial charge is 0.0637 e. The van der Waals surface area contributed by atoms with Crippen LogP contribution in [0, 0.1) is 5.41 Å². The Morgan fingerprint density at radius 1 is 0.882 bits per heavy atom. The topological polar surface area (TPSA) is 36.9 Å². The van der Waals surface area contributed by atoms with Crippen LogP contribution in [0.2, 0.25) is 0 Å². The van der Waals surface area contributed by atoms with Gasteiger partial charge in [0.05, 0.1) is 37.9 Å². The van der Waals surface area contributed by atoms with Crippen LogP contribution in [0.25, 0.3) is 0 Å². The van der Waals surface area contributed by atoms with Crippen molar-refractivity contribution >= 4 is 0 Å². The van der Waals surface area contributed by atoms with Gasteiger partial charge in [0.15, 0.2) is 0 Å². The lowest BCUT2D eigenvalue weighted by Crippen LogP contribution is -2.41. The first-order valence-electron chi connectivity index (χ1n) is 6.22. The fraction of sp³-hybridized carbons (Fsp3) is 1.00. The van der Waals surface area contributed by atoms with Crippen LogP contribution < -0.4 is 0 Å². The lowest BCUT2D eigenvalue weighted by molar-refractivity contribution is -0.0993. The molecule has 0 saturated carbocycles. The van der Waals surface area contributed by atoms with E-state index in [0.717, 1.165) is 12.8 Å². The van der Waals surface area contributed by atoms with Crippen LogP contribution in [0.3, 0.4) is 0 Å². The molecule has 0 aromatic heterocycles. The summed E-state index contributed by atoms with van der Waals surface area (Å²) in [5, 5.41) is 0. The Labute approximate surface area is 106 Å².